The third-order valence-corrected chi connectivity index (χ3v) is 10.3. The highest BCUT2D eigenvalue weighted by Gasteiger charge is 2.21. The number of furan rings is 2. The summed E-state index contributed by atoms with van der Waals surface area (Å²) < 4.78 is 15.4. The van der Waals surface area contributed by atoms with Crippen molar-refractivity contribution in [3.63, 3.8) is 0 Å². The zero-order valence-corrected chi connectivity index (χ0v) is 28.6. The highest BCUT2D eigenvalue weighted by atomic mass is 16.3. The fourth-order valence-corrected chi connectivity index (χ4v) is 7.94. The molecule has 0 spiro atoms. The van der Waals surface area contributed by atoms with Gasteiger partial charge in [-0.05, 0) is 94.9 Å². The van der Waals surface area contributed by atoms with Crippen LogP contribution in [0.25, 0.3) is 106 Å². The molecule has 0 saturated heterocycles. The number of fused-ring (bicyclic) bond motifs is 7. The van der Waals surface area contributed by atoms with E-state index >= 15 is 0 Å². The standard InChI is InChI=1S/C49H33NO2/c1-3-13-45-36(4-2)41-30-35(24-27-46(41)51-45)37-18-12-21-47-48(37)38-19-11-20-44(49(38)52-47)50-42-25-22-33(31-14-7-5-8-15-31)28-39(42)40-29-34(23-26-43(40)50)32-16-9-6-10-17-32/h3-30H,2H2,1H3/b13-3-. The minimum Gasteiger partial charge on any atom is -0.456 e. The summed E-state index contributed by atoms with van der Waals surface area (Å²) in [5.74, 6) is 0.819. The predicted molar refractivity (Wildman–Crippen MR) is 219 cm³/mol. The van der Waals surface area contributed by atoms with Crippen molar-refractivity contribution < 1.29 is 8.83 Å². The van der Waals surface area contributed by atoms with Gasteiger partial charge in [0.15, 0.2) is 5.58 Å². The summed E-state index contributed by atoms with van der Waals surface area (Å²) >= 11 is 0. The van der Waals surface area contributed by atoms with Gasteiger partial charge in [-0.15, -0.1) is 0 Å². The monoisotopic (exact) mass is 667 g/mol. The van der Waals surface area contributed by atoms with Gasteiger partial charge in [-0.2, -0.15) is 0 Å². The molecule has 0 aliphatic carbocycles. The van der Waals surface area contributed by atoms with E-state index in [1.54, 1.807) is 0 Å². The maximum Gasteiger partial charge on any atom is 0.159 e. The molecule has 52 heavy (non-hydrogen) atoms. The van der Waals surface area contributed by atoms with Crippen molar-refractivity contribution in [2.45, 2.75) is 6.92 Å². The molecule has 10 rings (SSSR count). The van der Waals surface area contributed by atoms with Gasteiger partial charge in [0.1, 0.15) is 16.9 Å². The molecule has 0 saturated carbocycles. The Morgan fingerprint density at radius 3 is 1.81 bits per heavy atom. The number of nitrogens with zero attached hydrogens (tertiary/aromatic N) is 1. The van der Waals surface area contributed by atoms with Crippen molar-refractivity contribution in [2.75, 3.05) is 0 Å². The highest BCUT2D eigenvalue weighted by Crippen LogP contribution is 2.43. The minimum absolute atomic E-state index is 0.819. The van der Waals surface area contributed by atoms with Crippen LogP contribution in [0.4, 0.5) is 0 Å². The van der Waals surface area contributed by atoms with Gasteiger partial charge in [0.25, 0.3) is 0 Å². The smallest absolute Gasteiger partial charge is 0.159 e. The van der Waals surface area contributed by atoms with Crippen LogP contribution >= 0.6 is 0 Å². The highest BCUT2D eigenvalue weighted by molar-refractivity contribution is 6.17. The average Bonchev–Trinajstić information content (AvgIpc) is 3.87. The second-order valence-electron chi connectivity index (χ2n) is 13.3. The number of rotatable bonds is 6. The Morgan fingerprint density at radius 2 is 1.15 bits per heavy atom. The lowest BCUT2D eigenvalue weighted by Crippen LogP contribution is -1.94. The Bertz CT molecular complexity index is 2930. The van der Waals surface area contributed by atoms with E-state index in [1.807, 2.05) is 25.2 Å². The summed E-state index contributed by atoms with van der Waals surface area (Å²) in [6.07, 6.45) is 5.85. The van der Waals surface area contributed by atoms with Gasteiger partial charge in [0.05, 0.1) is 16.7 Å². The summed E-state index contributed by atoms with van der Waals surface area (Å²) in [6, 6.07) is 54.1. The first-order chi connectivity index (χ1) is 25.7. The lowest BCUT2D eigenvalue weighted by molar-refractivity contribution is 0.603. The van der Waals surface area contributed by atoms with Crippen LogP contribution in [0, 0.1) is 0 Å². The molecule has 3 nitrogen and oxygen atoms in total. The van der Waals surface area contributed by atoms with Crippen molar-refractivity contribution in [1.29, 1.82) is 0 Å². The largest absolute Gasteiger partial charge is 0.456 e. The first-order valence-electron chi connectivity index (χ1n) is 17.7. The second kappa shape index (κ2) is 11.9. The van der Waals surface area contributed by atoms with Crippen LogP contribution in [0.1, 0.15) is 18.2 Å². The Balaban J connectivity index is 1.22. The van der Waals surface area contributed by atoms with Crippen molar-refractivity contribution in [2.24, 2.45) is 0 Å². The van der Waals surface area contributed by atoms with Gasteiger partial charge in [-0.1, -0.05) is 122 Å². The van der Waals surface area contributed by atoms with Crippen molar-refractivity contribution >= 4 is 66.9 Å². The molecule has 7 aromatic carbocycles. The SMILES string of the molecule is C=Cc1c(/C=C\C)oc2ccc(-c3cccc4oc5c(-n6c7ccc(-c8ccccc8)cc7c7cc(-c8ccccc8)ccc76)cccc5c34)cc12. The third-order valence-electron chi connectivity index (χ3n) is 10.3. The minimum atomic E-state index is 0.819. The molecule has 0 fully saturated rings. The second-order valence-corrected chi connectivity index (χ2v) is 13.3. The van der Waals surface area contributed by atoms with E-state index < -0.39 is 0 Å². The number of hydrogen-bond acceptors (Lipinski definition) is 2. The molecule has 246 valence electrons. The fourth-order valence-electron chi connectivity index (χ4n) is 7.94. The van der Waals surface area contributed by atoms with Crippen LogP contribution in [-0.2, 0) is 0 Å². The van der Waals surface area contributed by atoms with Crippen LogP contribution in [0.3, 0.4) is 0 Å². The normalized spacial score (nSPS) is 11.9. The number of benzene rings is 7. The van der Waals surface area contributed by atoms with Gasteiger partial charge >= 0.3 is 0 Å². The van der Waals surface area contributed by atoms with E-state index in [0.29, 0.717) is 0 Å². The number of para-hydroxylation sites is 1. The van der Waals surface area contributed by atoms with Gasteiger partial charge in [-0.3, -0.25) is 0 Å². The Morgan fingerprint density at radius 1 is 0.519 bits per heavy atom. The van der Waals surface area contributed by atoms with Gasteiger partial charge in [0.2, 0.25) is 0 Å². The van der Waals surface area contributed by atoms with E-state index in [4.69, 9.17) is 8.83 Å². The van der Waals surface area contributed by atoms with Crippen LogP contribution in [0.2, 0.25) is 0 Å². The summed E-state index contributed by atoms with van der Waals surface area (Å²) in [5, 5.41) is 5.61. The molecule has 0 aliphatic heterocycles. The summed E-state index contributed by atoms with van der Waals surface area (Å²) in [5.41, 5.74) is 13.8. The molecule has 0 unspecified atom stereocenters. The van der Waals surface area contributed by atoms with Crippen molar-refractivity contribution in [1.82, 2.24) is 4.57 Å². The van der Waals surface area contributed by atoms with E-state index in [0.717, 1.165) is 72.1 Å². The molecule has 10 aromatic rings. The fraction of sp³-hybridized carbons (Fsp3) is 0.0204. The summed E-state index contributed by atoms with van der Waals surface area (Å²) in [7, 11) is 0. The molecule has 0 bridgehead atoms. The van der Waals surface area contributed by atoms with Crippen LogP contribution in [-0.4, -0.2) is 4.57 Å². The number of aromatic nitrogens is 1. The van der Waals surface area contributed by atoms with Gasteiger partial charge in [0, 0.05) is 32.5 Å². The van der Waals surface area contributed by atoms with Gasteiger partial charge < -0.3 is 13.4 Å². The van der Waals surface area contributed by atoms with Crippen LogP contribution < -0.4 is 0 Å². The zero-order valence-electron chi connectivity index (χ0n) is 28.6. The Kier molecular flexibility index (Phi) is 6.87. The Hall–Kier alpha value is -6.84. The molecule has 0 N–H and O–H groups in total. The Labute approximate surface area is 301 Å². The number of hydrogen-bond donors (Lipinski definition) is 0. The molecule has 0 amide bonds. The zero-order chi connectivity index (χ0) is 34.8. The maximum absolute atomic E-state index is 6.86. The van der Waals surface area contributed by atoms with Crippen LogP contribution in [0.15, 0.2) is 173 Å². The lowest BCUT2D eigenvalue weighted by atomic mass is 9.97. The summed E-state index contributed by atoms with van der Waals surface area (Å²) in [4.78, 5) is 0. The van der Waals surface area contributed by atoms with E-state index in [2.05, 4.69) is 163 Å². The first-order valence-corrected chi connectivity index (χ1v) is 17.7. The molecule has 3 heteroatoms. The lowest BCUT2D eigenvalue weighted by Gasteiger charge is -2.10. The van der Waals surface area contributed by atoms with Crippen molar-refractivity contribution in [3.05, 3.63) is 176 Å². The average molecular weight is 668 g/mol. The number of allylic oxidation sites excluding steroid dienone is 1. The molecule has 0 atom stereocenters. The topological polar surface area (TPSA) is 31.2 Å². The molecule has 3 aromatic heterocycles. The third kappa shape index (κ3) is 4.60. The first kappa shape index (κ1) is 30.0. The quantitative estimate of drug-likeness (QED) is 0.177. The maximum atomic E-state index is 6.86. The van der Waals surface area contributed by atoms with Gasteiger partial charge in [-0.25, -0.2) is 0 Å². The van der Waals surface area contributed by atoms with Crippen molar-refractivity contribution in [3.8, 4) is 39.1 Å². The van der Waals surface area contributed by atoms with E-state index in [1.165, 1.54) is 33.0 Å². The molecule has 3 heterocycles. The molecule has 0 aliphatic rings. The van der Waals surface area contributed by atoms with E-state index in [9.17, 15) is 0 Å². The predicted octanol–water partition coefficient (Wildman–Crippen LogP) is 14.1. The molecular formula is C49H33NO2. The summed E-state index contributed by atoms with van der Waals surface area (Å²) in [6.45, 7) is 6.08. The molecule has 0 radical (unpaired) electrons. The molecular weight excluding hydrogens is 635 g/mol. The van der Waals surface area contributed by atoms with E-state index in [-0.39, 0.29) is 0 Å². The van der Waals surface area contributed by atoms with Crippen LogP contribution in [0.5, 0.6) is 0 Å².